The van der Waals surface area contributed by atoms with Gasteiger partial charge in [-0.15, -0.1) is 0 Å². The zero-order chi connectivity index (χ0) is 13.0. The smallest absolute Gasteiger partial charge is 0.0804 e. The minimum Gasteiger partial charge on any atom is -0.281 e. The van der Waals surface area contributed by atoms with Crippen LogP contribution < -0.4 is 10.4 Å². The van der Waals surface area contributed by atoms with Gasteiger partial charge in [0.1, 0.15) is 0 Å². The summed E-state index contributed by atoms with van der Waals surface area (Å²) in [4.78, 5) is 0. The van der Waals surface area contributed by atoms with Crippen LogP contribution in [-0.4, -0.2) is 38.1 Å². The molecule has 0 saturated heterocycles. The lowest BCUT2D eigenvalue weighted by atomic mass is 10.3. The van der Waals surface area contributed by atoms with Gasteiger partial charge in [0.25, 0.3) is 0 Å². The molecule has 0 aliphatic heterocycles. The van der Waals surface area contributed by atoms with Crippen LogP contribution in [0.4, 0.5) is 0 Å². The number of hydrazone groups is 2. The van der Waals surface area contributed by atoms with Gasteiger partial charge in [-0.3, -0.25) is 10.4 Å². The van der Waals surface area contributed by atoms with Gasteiger partial charge in [-0.1, -0.05) is 23.6 Å². The van der Waals surface area contributed by atoms with Gasteiger partial charge in [0.15, 0.2) is 0 Å². The molecule has 8 heteroatoms. The zero-order valence-corrected chi connectivity index (χ0v) is 14.0. The predicted molar refractivity (Wildman–Crippen MR) is 84.8 cm³/mol. The molecule has 0 atom stereocenters. The Morgan fingerprint density at radius 1 is 0.812 bits per heavy atom. The molecule has 0 bridgehead atoms. The molecule has 0 fully saturated rings. The first-order valence-corrected chi connectivity index (χ1v) is 12.1. The van der Waals surface area contributed by atoms with Crippen molar-refractivity contribution in [1.82, 2.24) is 10.4 Å². The van der Waals surface area contributed by atoms with Gasteiger partial charge in [-0.25, -0.2) is 0 Å². The molecule has 0 aromatic carbocycles. The summed E-state index contributed by atoms with van der Waals surface area (Å²) in [5, 5.41) is 14.4. The van der Waals surface area contributed by atoms with Crippen molar-refractivity contribution >= 4 is 47.4 Å². The van der Waals surface area contributed by atoms with Gasteiger partial charge in [-0.2, -0.15) is 10.2 Å². The zero-order valence-electron chi connectivity index (χ0n) is 10.6. The van der Waals surface area contributed by atoms with E-state index in [1.807, 2.05) is 40.5 Å². The summed E-state index contributed by atoms with van der Waals surface area (Å²) in [6.07, 6.45) is -3.01. The minimum atomic E-state index is -1.50. The van der Waals surface area contributed by atoms with Crippen molar-refractivity contribution in [1.29, 1.82) is 0 Å². The van der Waals surface area contributed by atoms with Gasteiger partial charge in [0.2, 0.25) is 0 Å². The number of nitrogens with one attached hydrogen (secondary N) is 2. The monoisotopic (exact) mass is 298 g/mol. The molecule has 0 amide bonds. The first kappa shape index (κ1) is 16.2. The Bertz CT molecular complexity index is 353. The van der Waals surface area contributed by atoms with Gasteiger partial charge in [0.05, 0.1) is 11.4 Å². The maximum atomic E-state index is 5.24. The fourth-order valence-electron chi connectivity index (χ4n) is 0.553. The molecule has 0 spiro atoms. The van der Waals surface area contributed by atoms with Crippen molar-refractivity contribution in [2.75, 3.05) is 26.7 Å². The third-order valence-corrected chi connectivity index (χ3v) is 3.09. The topological polar surface area (TPSA) is 48.8 Å². The lowest BCUT2D eigenvalue weighted by Gasteiger charge is -2.12. The fourth-order valence-corrected chi connectivity index (χ4v) is 1.58. The molecule has 16 heavy (non-hydrogen) atoms. The van der Waals surface area contributed by atoms with E-state index in [0.29, 0.717) is 0 Å². The average molecular weight is 298 g/mol. The Morgan fingerprint density at radius 3 is 1.25 bits per heavy atom. The third-order valence-electron chi connectivity index (χ3n) is 1.44. The Balaban J connectivity index is 4.56. The lowest BCUT2D eigenvalue weighted by molar-refractivity contribution is 1.07. The van der Waals surface area contributed by atoms with Crippen LogP contribution in [0.25, 0.3) is 0 Å². The van der Waals surface area contributed by atoms with Crippen molar-refractivity contribution in [3.63, 3.8) is 0 Å². The second kappa shape index (κ2) is 6.25. The Labute approximate surface area is 108 Å². The van der Waals surface area contributed by atoms with Crippen LogP contribution in [0.15, 0.2) is 10.2 Å². The number of hydrogen-bond acceptors (Lipinski definition) is 4. The summed E-state index contributed by atoms with van der Waals surface area (Å²) in [5.41, 5.74) is 1.66. The van der Waals surface area contributed by atoms with Gasteiger partial charge in [-0.05, 0) is 40.5 Å². The second-order valence-electron chi connectivity index (χ2n) is 4.30. The molecule has 2 N–H and O–H groups in total. The van der Waals surface area contributed by atoms with E-state index < -0.39 is 12.4 Å². The molecule has 0 rings (SSSR count). The summed E-state index contributed by atoms with van der Waals surface area (Å²) in [5.74, 6) is 0. The van der Waals surface area contributed by atoms with Crippen molar-refractivity contribution in [2.24, 2.45) is 10.2 Å². The largest absolute Gasteiger partial charge is 0.281 e. The van der Waals surface area contributed by atoms with E-state index >= 15 is 0 Å². The molecule has 0 unspecified atom stereocenters. The van der Waals surface area contributed by atoms with E-state index in [1.54, 1.807) is 0 Å². The molecule has 0 aromatic rings. The molecular formula is C8H20N4P2S2. The molecule has 94 valence electrons. The Hall–Kier alpha value is 0.240. The van der Waals surface area contributed by atoms with Gasteiger partial charge in [0, 0.05) is 12.4 Å². The van der Waals surface area contributed by atoms with Crippen LogP contribution in [-0.2, 0) is 23.6 Å². The van der Waals surface area contributed by atoms with Crippen LogP contribution in [0, 0.1) is 0 Å². The van der Waals surface area contributed by atoms with E-state index in [0.717, 1.165) is 11.4 Å². The molecule has 0 aromatic heterocycles. The molecule has 0 radical (unpaired) electrons. The van der Waals surface area contributed by atoms with Crippen molar-refractivity contribution < 1.29 is 0 Å². The highest BCUT2D eigenvalue weighted by atomic mass is 32.4. The van der Waals surface area contributed by atoms with Crippen LogP contribution in [0.1, 0.15) is 13.8 Å². The SMILES string of the molecule is CC(=N\NP(C)(C)=S)/C(C)=N/NP(C)(C)=S. The van der Waals surface area contributed by atoms with Gasteiger partial charge >= 0.3 is 0 Å². The van der Waals surface area contributed by atoms with Crippen LogP contribution >= 0.6 is 12.4 Å². The van der Waals surface area contributed by atoms with E-state index in [4.69, 9.17) is 23.6 Å². The molecule has 0 aliphatic carbocycles. The minimum absolute atomic E-state index is 0.828. The average Bonchev–Trinajstić information content (AvgIpc) is 2.07. The highest BCUT2D eigenvalue weighted by Crippen LogP contribution is 2.30. The Morgan fingerprint density at radius 2 is 1.06 bits per heavy atom. The number of hydrogen-bond donors (Lipinski definition) is 2. The Kier molecular flexibility index (Phi) is 6.34. The first-order valence-electron chi connectivity index (χ1n) is 4.75. The van der Waals surface area contributed by atoms with Crippen molar-refractivity contribution in [2.45, 2.75) is 13.8 Å². The summed E-state index contributed by atoms with van der Waals surface area (Å²) in [7, 11) is 0. The van der Waals surface area contributed by atoms with Crippen LogP contribution in [0.2, 0.25) is 0 Å². The highest BCUT2D eigenvalue weighted by Gasteiger charge is 2.02. The number of rotatable bonds is 5. The van der Waals surface area contributed by atoms with Crippen molar-refractivity contribution in [3.8, 4) is 0 Å². The second-order valence-corrected chi connectivity index (χ2v) is 15.6. The summed E-state index contributed by atoms with van der Waals surface area (Å²) < 4.78 is 0. The molecule has 0 saturated carbocycles. The standard InChI is InChI=1S/C8H20N4P2S2/c1-7(9-11-13(3,4)15)8(2)10-12-14(5,6)16/h1-6H3,(H,11,15)(H,12,16)/b9-7+,10-8+. The van der Waals surface area contributed by atoms with E-state index in [-0.39, 0.29) is 0 Å². The highest BCUT2D eigenvalue weighted by molar-refractivity contribution is 8.13. The lowest BCUT2D eigenvalue weighted by Crippen LogP contribution is -2.14. The van der Waals surface area contributed by atoms with E-state index in [9.17, 15) is 0 Å². The molecule has 0 aliphatic rings. The number of nitrogens with zero attached hydrogens (tertiary/aromatic N) is 2. The van der Waals surface area contributed by atoms with Crippen LogP contribution in [0.5, 0.6) is 0 Å². The van der Waals surface area contributed by atoms with Crippen LogP contribution in [0.3, 0.4) is 0 Å². The fraction of sp³-hybridized carbons (Fsp3) is 0.750. The quantitative estimate of drug-likeness (QED) is 0.464. The molecule has 4 nitrogen and oxygen atoms in total. The third kappa shape index (κ3) is 9.46. The normalized spacial score (nSPS) is 14.9. The maximum Gasteiger partial charge on any atom is 0.0804 e. The predicted octanol–water partition coefficient (Wildman–Crippen LogP) is 2.23. The molecular weight excluding hydrogens is 278 g/mol. The summed E-state index contributed by atoms with van der Waals surface area (Å²) in [6, 6.07) is 0. The van der Waals surface area contributed by atoms with Crippen molar-refractivity contribution in [3.05, 3.63) is 0 Å². The first-order chi connectivity index (χ1) is 7.01. The summed E-state index contributed by atoms with van der Waals surface area (Å²) >= 11 is 10.5. The molecule has 0 heterocycles. The van der Waals surface area contributed by atoms with E-state index in [2.05, 4.69) is 20.6 Å². The maximum absolute atomic E-state index is 5.24. The van der Waals surface area contributed by atoms with E-state index in [1.165, 1.54) is 0 Å². The van der Waals surface area contributed by atoms with Gasteiger partial charge < -0.3 is 0 Å². The summed E-state index contributed by atoms with van der Waals surface area (Å²) in [6.45, 7) is 11.7.